The van der Waals surface area contributed by atoms with Gasteiger partial charge in [0.25, 0.3) is 5.91 Å². The van der Waals surface area contributed by atoms with Crippen molar-refractivity contribution in [3.8, 4) is 6.07 Å². The molecule has 0 aliphatic carbocycles. The van der Waals surface area contributed by atoms with Gasteiger partial charge in [-0.3, -0.25) is 9.10 Å². The molecule has 25 heavy (non-hydrogen) atoms. The molecule has 1 heterocycles. The van der Waals surface area contributed by atoms with Gasteiger partial charge in [-0.05, 0) is 30.2 Å². The summed E-state index contributed by atoms with van der Waals surface area (Å²) in [7, 11) is -1.81. The summed E-state index contributed by atoms with van der Waals surface area (Å²) in [6.07, 6.45) is 1.86. The monoisotopic (exact) mass is 365 g/mol. The number of benzene rings is 1. The molecule has 1 aromatic rings. The van der Waals surface area contributed by atoms with Gasteiger partial charge in [0, 0.05) is 20.1 Å². The number of rotatable bonds is 6. The standard InChI is InChI=1S/C16H19N3O5S/c1-18(8-3-7-17)15(20)11-24-16(21)13-4-5-14-12(10-13)6-9-19(14)25(2,22)23/h4-5,10H,3,6,8-9,11H2,1-2H3. The van der Waals surface area contributed by atoms with E-state index in [2.05, 4.69) is 0 Å². The van der Waals surface area contributed by atoms with Crippen LogP contribution in [0.1, 0.15) is 22.3 Å². The number of sulfonamides is 1. The summed E-state index contributed by atoms with van der Waals surface area (Å²) < 4.78 is 29.7. The van der Waals surface area contributed by atoms with Gasteiger partial charge in [0.15, 0.2) is 6.61 Å². The number of nitriles is 1. The maximum Gasteiger partial charge on any atom is 0.338 e. The highest BCUT2D eigenvalue weighted by Gasteiger charge is 2.27. The molecular weight excluding hydrogens is 346 g/mol. The van der Waals surface area contributed by atoms with Gasteiger partial charge in [-0.25, -0.2) is 13.2 Å². The number of amides is 1. The van der Waals surface area contributed by atoms with Gasteiger partial charge in [0.1, 0.15) is 0 Å². The molecule has 1 aromatic carbocycles. The minimum atomic E-state index is -3.34. The summed E-state index contributed by atoms with van der Waals surface area (Å²) in [6, 6.07) is 6.57. The van der Waals surface area contributed by atoms with E-state index < -0.39 is 28.5 Å². The molecule has 0 saturated carbocycles. The van der Waals surface area contributed by atoms with Crippen molar-refractivity contribution in [2.75, 3.05) is 37.3 Å². The predicted molar refractivity (Wildman–Crippen MR) is 90.5 cm³/mol. The highest BCUT2D eigenvalue weighted by atomic mass is 32.2. The Hall–Kier alpha value is -2.60. The molecule has 8 nitrogen and oxygen atoms in total. The fraction of sp³-hybridized carbons (Fsp3) is 0.438. The van der Waals surface area contributed by atoms with Crippen molar-refractivity contribution in [3.63, 3.8) is 0 Å². The first-order chi connectivity index (χ1) is 11.7. The molecule has 2 rings (SSSR count). The third-order valence-corrected chi connectivity index (χ3v) is 5.06. The summed E-state index contributed by atoms with van der Waals surface area (Å²) in [4.78, 5) is 25.2. The summed E-state index contributed by atoms with van der Waals surface area (Å²) in [5.41, 5.74) is 1.57. The molecule has 1 amide bonds. The molecule has 0 unspecified atom stereocenters. The van der Waals surface area contributed by atoms with Crippen LogP contribution >= 0.6 is 0 Å². The lowest BCUT2D eigenvalue weighted by Gasteiger charge is -2.17. The Kier molecular flexibility index (Phi) is 5.64. The second kappa shape index (κ2) is 7.53. The van der Waals surface area contributed by atoms with Crippen LogP contribution in [0.15, 0.2) is 18.2 Å². The van der Waals surface area contributed by atoms with Crippen LogP contribution in [0.2, 0.25) is 0 Å². The van der Waals surface area contributed by atoms with E-state index in [0.717, 1.165) is 11.8 Å². The Bertz CT molecular complexity index is 829. The van der Waals surface area contributed by atoms with Gasteiger partial charge >= 0.3 is 5.97 Å². The highest BCUT2D eigenvalue weighted by Crippen LogP contribution is 2.30. The molecule has 0 aromatic heterocycles. The van der Waals surface area contributed by atoms with E-state index in [1.165, 1.54) is 22.3 Å². The van der Waals surface area contributed by atoms with Crippen LogP contribution < -0.4 is 4.31 Å². The van der Waals surface area contributed by atoms with Crippen LogP contribution in [0.4, 0.5) is 5.69 Å². The highest BCUT2D eigenvalue weighted by molar-refractivity contribution is 7.92. The molecule has 0 fully saturated rings. The lowest BCUT2D eigenvalue weighted by Crippen LogP contribution is -2.31. The Labute approximate surface area is 146 Å². The van der Waals surface area contributed by atoms with Crippen molar-refractivity contribution in [2.24, 2.45) is 0 Å². The normalized spacial score (nSPS) is 13.1. The van der Waals surface area contributed by atoms with Gasteiger partial charge in [-0.15, -0.1) is 0 Å². The fourth-order valence-electron chi connectivity index (χ4n) is 2.51. The molecular formula is C16H19N3O5S. The van der Waals surface area contributed by atoms with Crippen LogP contribution in [0, 0.1) is 11.3 Å². The van der Waals surface area contributed by atoms with Crippen LogP contribution in [-0.4, -0.2) is 58.2 Å². The number of carbonyl (C=O) groups excluding carboxylic acids is 2. The van der Waals surface area contributed by atoms with Crippen molar-refractivity contribution in [3.05, 3.63) is 29.3 Å². The first-order valence-corrected chi connectivity index (χ1v) is 9.47. The number of hydrogen-bond donors (Lipinski definition) is 0. The average molecular weight is 365 g/mol. The lowest BCUT2D eigenvalue weighted by molar-refractivity contribution is -0.133. The third-order valence-electron chi connectivity index (χ3n) is 3.88. The molecule has 134 valence electrons. The molecule has 0 atom stereocenters. The molecule has 9 heteroatoms. The van der Waals surface area contributed by atoms with Crippen LogP contribution in [0.5, 0.6) is 0 Å². The van der Waals surface area contributed by atoms with Crippen molar-refractivity contribution in [1.29, 1.82) is 5.26 Å². The topological polar surface area (TPSA) is 108 Å². The summed E-state index contributed by atoms with van der Waals surface area (Å²) >= 11 is 0. The maximum absolute atomic E-state index is 12.1. The van der Waals surface area contributed by atoms with Crippen molar-refractivity contribution in [2.45, 2.75) is 12.8 Å². The molecule has 0 bridgehead atoms. The number of ether oxygens (including phenoxy) is 1. The SMILES string of the molecule is CN(CCC#N)C(=O)COC(=O)c1ccc2c(c1)CCN2S(C)(=O)=O. The van der Waals surface area contributed by atoms with Gasteiger partial charge in [-0.2, -0.15) is 5.26 Å². The van der Waals surface area contributed by atoms with Crippen molar-refractivity contribution < 1.29 is 22.7 Å². The molecule has 0 saturated heterocycles. The number of hydrogen-bond acceptors (Lipinski definition) is 6. The Morgan fingerprint density at radius 3 is 2.76 bits per heavy atom. The van der Waals surface area contributed by atoms with E-state index in [-0.39, 0.29) is 18.5 Å². The number of nitrogens with zero attached hydrogens (tertiary/aromatic N) is 3. The van der Waals surface area contributed by atoms with Gasteiger partial charge in [0.2, 0.25) is 10.0 Å². The Morgan fingerprint density at radius 1 is 1.40 bits per heavy atom. The minimum Gasteiger partial charge on any atom is -0.452 e. The zero-order valence-electron chi connectivity index (χ0n) is 14.1. The summed E-state index contributed by atoms with van der Waals surface area (Å²) in [5, 5.41) is 8.50. The quantitative estimate of drug-likeness (QED) is 0.681. The number of anilines is 1. The number of carbonyl (C=O) groups is 2. The molecule has 0 N–H and O–H groups in total. The Balaban J connectivity index is 2.00. The number of esters is 1. The van der Waals surface area contributed by atoms with E-state index in [1.807, 2.05) is 6.07 Å². The van der Waals surface area contributed by atoms with E-state index in [1.54, 1.807) is 12.1 Å². The minimum absolute atomic E-state index is 0.206. The first-order valence-electron chi connectivity index (χ1n) is 7.62. The summed E-state index contributed by atoms with van der Waals surface area (Å²) in [6.45, 7) is 0.204. The number of fused-ring (bicyclic) bond motifs is 1. The van der Waals surface area contributed by atoms with Crippen molar-refractivity contribution in [1.82, 2.24) is 4.90 Å². The number of likely N-dealkylation sites (N-methyl/N-ethyl adjacent to an activating group) is 1. The van der Waals surface area contributed by atoms with E-state index in [4.69, 9.17) is 10.00 Å². The lowest BCUT2D eigenvalue weighted by atomic mass is 10.1. The second-order valence-corrected chi connectivity index (χ2v) is 7.63. The molecule has 0 radical (unpaired) electrons. The van der Waals surface area contributed by atoms with Crippen LogP contribution in [-0.2, 0) is 26.0 Å². The first kappa shape index (κ1) is 18.7. The molecule has 1 aliphatic rings. The molecule has 0 spiro atoms. The largest absolute Gasteiger partial charge is 0.452 e. The Morgan fingerprint density at radius 2 is 2.12 bits per heavy atom. The van der Waals surface area contributed by atoms with E-state index >= 15 is 0 Å². The fourth-order valence-corrected chi connectivity index (χ4v) is 3.46. The zero-order chi connectivity index (χ0) is 18.6. The van der Waals surface area contributed by atoms with Crippen LogP contribution in [0.3, 0.4) is 0 Å². The smallest absolute Gasteiger partial charge is 0.338 e. The third kappa shape index (κ3) is 4.48. The van der Waals surface area contributed by atoms with Gasteiger partial charge in [0.05, 0.1) is 30.0 Å². The molecule has 1 aliphatic heterocycles. The van der Waals surface area contributed by atoms with E-state index in [0.29, 0.717) is 18.7 Å². The van der Waals surface area contributed by atoms with E-state index in [9.17, 15) is 18.0 Å². The zero-order valence-corrected chi connectivity index (χ0v) is 14.9. The second-order valence-electron chi connectivity index (χ2n) is 5.73. The summed E-state index contributed by atoms with van der Waals surface area (Å²) in [5.74, 6) is -1.05. The van der Waals surface area contributed by atoms with Crippen LogP contribution in [0.25, 0.3) is 0 Å². The average Bonchev–Trinajstić information content (AvgIpc) is 3.00. The van der Waals surface area contributed by atoms with Gasteiger partial charge < -0.3 is 9.64 Å². The van der Waals surface area contributed by atoms with Crippen molar-refractivity contribution >= 4 is 27.6 Å². The van der Waals surface area contributed by atoms with Gasteiger partial charge in [-0.1, -0.05) is 0 Å². The predicted octanol–water partition coefficient (Wildman–Crippen LogP) is 0.538. The maximum atomic E-state index is 12.1.